The first-order valence-corrected chi connectivity index (χ1v) is 12.2. The number of benzene rings is 2. The van der Waals surface area contributed by atoms with Gasteiger partial charge in [0, 0.05) is 37.1 Å². The van der Waals surface area contributed by atoms with Crippen LogP contribution in [0.1, 0.15) is 47.6 Å². The molecule has 0 saturated carbocycles. The van der Waals surface area contributed by atoms with Gasteiger partial charge in [-0.05, 0) is 62.1 Å². The van der Waals surface area contributed by atoms with Gasteiger partial charge in [-0.1, -0.05) is 6.07 Å². The van der Waals surface area contributed by atoms with E-state index in [2.05, 4.69) is 25.9 Å². The number of fused-ring (bicyclic) bond motifs is 1. The molecule has 2 aliphatic heterocycles. The highest BCUT2D eigenvalue weighted by Crippen LogP contribution is 2.28. The van der Waals surface area contributed by atoms with Crippen LogP contribution in [0.3, 0.4) is 0 Å². The fraction of sp³-hybridized carbons (Fsp3) is 0.423. The second kappa shape index (κ2) is 10.7. The Bertz CT molecular complexity index is 1250. The largest absolute Gasteiger partial charge is 0.494 e. The number of halogens is 2. The van der Waals surface area contributed by atoms with Gasteiger partial charge in [0.2, 0.25) is 5.95 Å². The molecule has 10 heteroatoms. The molecule has 2 aliphatic rings. The summed E-state index contributed by atoms with van der Waals surface area (Å²) in [5.74, 6) is -1.05. The van der Waals surface area contributed by atoms with E-state index in [1.807, 2.05) is 0 Å². The summed E-state index contributed by atoms with van der Waals surface area (Å²) < 4.78 is 39.8. The molecule has 2 atom stereocenters. The van der Waals surface area contributed by atoms with E-state index in [-0.39, 0.29) is 28.8 Å². The van der Waals surface area contributed by atoms with Gasteiger partial charge in [0.1, 0.15) is 5.82 Å². The Kier molecular flexibility index (Phi) is 7.24. The summed E-state index contributed by atoms with van der Waals surface area (Å²) in [7, 11) is 1.40. The van der Waals surface area contributed by atoms with Crippen molar-refractivity contribution in [3.8, 4) is 5.75 Å². The van der Waals surface area contributed by atoms with Gasteiger partial charge >= 0.3 is 0 Å². The van der Waals surface area contributed by atoms with Crippen molar-refractivity contribution in [2.75, 3.05) is 32.2 Å². The lowest BCUT2D eigenvalue weighted by atomic mass is 9.97. The van der Waals surface area contributed by atoms with Gasteiger partial charge in [0.25, 0.3) is 5.91 Å². The van der Waals surface area contributed by atoms with Gasteiger partial charge in [-0.15, -0.1) is 0 Å². The summed E-state index contributed by atoms with van der Waals surface area (Å²) in [6, 6.07) is 6.97. The van der Waals surface area contributed by atoms with Gasteiger partial charge in [-0.25, -0.2) is 18.7 Å². The highest BCUT2D eigenvalue weighted by Gasteiger charge is 2.29. The fourth-order valence-electron chi connectivity index (χ4n) is 4.83. The van der Waals surface area contributed by atoms with Crippen LogP contribution in [-0.2, 0) is 4.74 Å². The number of nitrogens with one attached hydrogen (secondary N) is 3. The number of aromatic nitrogens is 2. The number of anilines is 1. The molecule has 3 heterocycles. The Balaban J connectivity index is 1.40. The van der Waals surface area contributed by atoms with Gasteiger partial charge in [-0.3, -0.25) is 4.79 Å². The van der Waals surface area contributed by atoms with Crippen LogP contribution in [0.2, 0.25) is 0 Å². The third-order valence-corrected chi connectivity index (χ3v) is 6.79. The molecular weight excluding hydrogens is 468 g/mol. The van der Waals surface area contributed by atoms with Crippen LogP contribution in [0.5, 0.6) is 5.75 Å². The van der Waals surface area contributed by atoms with E-state index in [1.54, 1.807) is 18.2 Å². The van der Waals surface area contributed by atoms with Crippen LogP contribution in [0.4, 0.5) is 14.7 Å². The molecule has 0 radical (unpaired) electrons. The molecule has 190 valence electrons. The predicted molar refractivity (Wildman–Crippen MR) is 131 cm³/mol. The minimum atomic E-state index is -0.582. The molecule has 0 unspecified atom stereocenters. The topological polar surface area (TPSA) is 97.4 Å². The third kappa shape index (κ3) is 5.24. The van der Waals surface area contributed by atoms with E-state index in [9.17, 15) is 13.6 Å². The van der Waals surface area contributed by atoms with Crippen molar-refractivity contribution in [2.45, 2.75) is 43.8 Å². The van der Waals surface area contributed by atoms with Crippen molar-refractivity contribution in [2.24, 2.45) is 0 Å². The lowest BCUT2D eigenvalue weighted by molar-refractivity contribution is 0.0902. The van der Waals surface area contributed by atoms with Gasteiger partial charge in [0.05, 0.1) is 24.1 Å². The molecule has 3 N–H and O–H groups in total. The molecule has 8 nitrogen and oxygen atoms in total. The lowest BCUT2D eigenvalue weighted by Gasteiger charge is -2.26. The fourth-order valence-corrected chi connectivity index (χ4v) is 4.83. The Morgan fingerprint density at radius 3 is 2.72 bits per heavy atom. The zero-order valence-corrected chi connectivity index (χ0v) is 20.0. The summed E-state index contributed by atoms with van der Waals surface area (Å²) in [6.07, 6.45) is 4.85. The number of carbonyl (C=O) groups is 1. The molecule has 0 spiro atoms. The van der Waals surface area contributed by atoms with Crippen LogP contribution < -0.4 is 20.7 Å². The van der Waals surface area contributed by atoms with Crippen molar-refractivity contribution in [3.63, 3.8) is 0 Å². The van der Waals surface area contributed by atoms with Crippen molar-refractivity contribution in [3.05, 3.63) is 59.3 Å². The van der Waals surface area contributed by atoms with E-state index in [0.29, 0.717) is 30.2 Å². The number of rotatable bonds is 7. The summed E-state index contributed by atoms with van der Waals surface area (Å²) in [4.78, 5) is 22.0. The molecule has 1 amide bonds. The maximum absolute atomic E-state index is 14.9. The highest BCUT2D eigenvalue weighted by atomic mass is 19.1. The van der Waals surface area contributed by atoms with E-state index in [4.69, 9.17) is 9.47 Å². The Morgan fingerprint density at radius 1 is 1.17 bits per heavy atom. The molecule has 36 heavy (non-hydrogen) atoms. The Hall–Kier alpha value is -3.37. The number of hydrogen-bond donors (Lipinski definition) is 3. The average Bonchev–Trinajstić information content (AvgIpc) is 3.42. The van der Waals surface area contributed by atoms with Crippen LogP contribution in [0.15, 0.2) is 36.5 Å². The number of nitrogens with zero attached hydrogens (tertiary/aromatic N) is 2. The van der Waals surface area contributed by atoms with Crippen LogP contribution in [0.25, 0.3) is 10.9 Å². The molecule has 3 aromatic rings. The summed E-state index contributed by atoms with van der Waals surface area (Å²) in [5.41, 5.74) is 1.07. The molecular formula is C26H29F2N5O3. The monoisotopic (exact) mass is 497 g/mol. The third-order valence-electron chi connectivity index (χ3n) is 6.79. The first-order chi connectivity index (χ1) is 17.5. The zero-order chi connectivity index (χ0) is 25.1. The second-order valence-electron chi connectivity index (χ2n) is 9.16. The van der Waals surface area contributed by atoms with E-state index >= 15 is 0 Å². The normalized spacial score (nSPS) is 19.2. The first-order valence-electron chi connectivity index (χ1n) is 12.2. The lowest BCUT2D eigenvalue weighted by Crippen LogP contribution is -2.41. The number of methoxy groups -OCH3 is 1. The maximum Gasteiger partial charge on any atom is 0.252 e. The van der Waals surface area contributed by atoms with Crippen molar-refractivity contribution in [1.29, 1.82) is 0 Å². The standard InChI is InChI=1S/C26H29F2N5O3/c1-35-23-5-4-15(11-20(23)28)24(21-3-2-8-29-21)33-25(34)16-12-19(27)18-14-30-26(32-22(18)13-16)31-17-6-9-36-10-7-17/h4-5,11-14,17,21,24,29H,2-3,6-10H2,1H3,(H,33,34)(H,30,31,32)/t21-,24+/m1/s1. The minimum Gasteiger partial charge on any atom is -0.494 e. The van der Waals surface area contributed by atoms with Gasteiger partial charge < -0.3 is 25.4 Å². The molecule has 5 rings (SSSR count). The first kappa shape index (κ1) is 24.3. The quantitative estimate of drug-likeness (QED) is 0.458. The van der Waals surface area contributed by atoms with Crippen molar-refractivity contribution in [1.82, 2.24) is 20.6 Å². The maximum atomic E-state index is 14.9. The number of hydrogen-bond acceptors (Lipinski definition) is 7. The zero-order valence-electron chi connectivity index (χ0n) is 20.0. The summed E-state index contributed by atoms with van der Waals surface area (Å²) >= 11 is 0. The SMILES string of the molecule is COc1ccc([C@H](NC(=O)c2cc(F)c3cnc(NC4CCOCC4)nc3c2)[C@H]2CCCN2)cc1F. The highest BCUT2D eigenvalue weighted by molar-refractivity contribution is 5.98. The molecule has 2 aromatic carbocycles. The van der Waals surface area contributed by atoms with E-state index < -0.39 is 23.6 Å². The molecule has 0 aliphatic carbocycles. The molecule has 1 aromatic heterocycles. The number of carbonyl (C=O) groups excluding carboxylic acids is 1. The number of amides is 1. The summed E-state index contributed by atoms with van der Waals surface area (Å²) in [6.45, 7) is 2.14. The second-order valence-corrected chi connectivity index (χ2v) is 9.16. The average molecular weight is 498 g/mol. The summed E-state index contributed by atoms with van der Waals surface area (Å²) in [5, 5.41) is 9.85. The minimum absolute atomic E-state index is 0.0790. The van der Waals surface area contributed by atoms with E-state index in [1.165, 1.54) is 25.4 Å². The van der Waals surface area contributed by atoms with Crippen molar-refractivity contribution < 1.29 is 23.0 Å². The van der Waals surface area contributed by atoms with Crippen LogP contribution in [-0.4, -0.2) is 54.8 Å². The van der Waals surface area contributed by atoms with Gasteiger partial charge in [-0.2, -0.15) is 0 Å². The van der Waals surface area contributed by atoms with Crippen molar-refractivity contribution >= 4 is 22.8 Å². The smallest absolute Gasteiger partial charge is 0.252 e. The van der Waals surface area contributed by atoms with Gasteiger partial charge in [0.15, 0.2) is 11.6 Å². The molecule has 0 bridgehead atoms. The van der Waals surface area contributed by atoms with E-state index in [0.717, 1.165) is 32.2 Å². The number of ether oxygens (including phenoxy) is 2. The molecule has 2 saturated heterocycles. The Morgan fingerprint density at radius 2 is 2.00 bits per heavy atom. The van der Waals surface area contributed by atoms with Crippen LogP contribution in [0, 0.1) is 11.6 Å². The predicted octanol–water partition coefficient (Wildman–Crippen LogP) is 3.73. The Labute approximate surface area is 207 Å². The van der Waals surface area contributed by atoms with Crippen LogP contribution >= 0.6 is 0 Å². The molecule has 2 fully saturated rings.